The molecule has 0 aliphatic heterocycles. The second kappa shape index (κ2) is 6.17. The van der Waals surface area contributed by atoms with Crippen molar-refractivity contribution in [2.75, 3.05) is 26.4 Å². The standard InChI is InChI=1S/C12H14N2O5/c15-3-4-18-5-6-19-11(16)8-1-2-9-10(7-8)14-12(17)13-9/h1-2,7,15H,3-6H2,(H2,13,14,17). The van der Waals surface area contributed by atoms with E-state index in [9.17, 15) is 9.59 Å². The lowest BCUT2D eigenvalue weighted by molar-refractivity contribution is 0.0258. The van der Waals surface area contributed by atoms with Crippen molar-refractivity contribution in [3.8, 4) is 0 Å². The number of carbonyl (C=O) groups is 1. The number of aromatic nitrogens is 2. The van der Waals surface area contributed by atoms with E-state index in [0.29, 0.717) is 16.6 Å². The second-order valence-electron chi connectivity index (χ2n) is 3.81. The quantitative estimate of drug-likeness (QED) is 0.505. The van der Waals surface area contributed by atoms with Crippen molar-refractivity contribution >= 4 is 17.0 Å². The molecule has 0 aliphatic rings. The van der Waals surface area contributed by atoms with Gasteiger partial charge in [0.2, 0.25) is 0 Å². The van der Waals surface area contributed by atoms with E-state index in [-0.39, 0.29) is 32.1 Å². The smallest absolute Gasteiger partial charge is 0.338 e. The number of ether oxygens (including phenoxy) is 2. The summed E-state index contributed by atoms with van der Waals surface area (Å²) < 4.78 is 9.95. The van der Waals surface area contributed by atoms with Gasteiger partial charge in [-0.25, -0.2) is 9.59 Å². The molecule has 3 N–H and O–H groups in total. The molecule has 102 valence electrons. The fourth-order valence-electron chi connectivity index (χ4n) is 1.60. The van der Waals surface area contributed by atoms with Gasteiger partial charge in [-0.05, 0) is 18.2 Å². The fourth-order valence-corrected chi connectivity index (χ4v) is 1.60. The minimum absolute atomic E-state index is 0.0640. The van der Waals surface area contributed by atoms with E-state index in [4.69, 9.17) is 14.6 Å². The van der Waals surface area contributed by atoms with E-state index in [0.717, 1.165) is 0 Å². The van der Waals surface area contributed by atoms with Gasteiger partial charge in [0, 0.05) is 0 Å². The lowest BCUT2D eigenvalue weighted by Gasteiger charge is -2.05. The molecule has 0 amide bonds. The summed E-state index contributed by atoms with van der Waals surface area (Å²) in [6.07, 6.45) is 0. The Balaban J connectivity index is 1.95. The van der Waals surface area contributed by atoms with Crippen LogP contribution in [0.4, 0.5) is 0 Å². The highest BCUT2D eigenvalue weighted by Crippen LogP contribution is 2.11. The van der Waals surface area contributed by atoms with Gasteiger partial charge < -0.3 is 24.5 Å². The number of carbonyl (C=O) groups excluding carboxylic acids is 1. The number of aliphatic hydroxyl groups excluding tert-OH is 1. The highest BCUT2D eigenvalue weighted by Gasteiger charge is 2.08. The maximum Gasteiger partial charge on any atom is 0.338 e. The average Bonchev–Trinajstić information content (AvgIpc) is 2.77. The molecule has 2 rings (SSSR count). The zero-order valence-electron chi connectivity index (χ0n) is 10.1. The van der Waals surface area contributed by atoms with Gasteiger partial charge in [0.25, 0.3) is 0 Å². The van der Waals surface area contributed by atoms with Crippen LogP contribution >= 0.6 is 0 Å². The van der Waals surface area contributed by atoms with Gasteiger partial charge in [0.1, 0.15) is 6.61 Å². The SMILES string of the molecule is O=C(OCCOCCO)c1ccc2[nH]c(=O)[nH]c2c1. The first-order chi connectivity index (χ1) is 9.20. The Kier molecular flexibility index (Phi) is 4.32. The molecule has 2 aromatic rings. The van der Waals surface area contributed by atoms with Gasteiger partial charge in [0.15, 0.2) is 0 Å². The summed E-state index contributed by atoms with van der Waals surface area (Å²) in [7, 11) is 0. The predicted molar refractivity (Wildman–Crippen MR) is 67.1 cm³/mol. The molecule has 19 heavy (non-hydrogen) atoms. The van der Waals surface area contributed by atoms with Crippen LogP contribution in [0.3, 0.4) is 0 Å². The molecule has 0 spiro atoms. The number of rotatable bonds is 6. The van der Waals surface area contributed by atoms with Crippen LogP contribution in [0.5, 0.6) is 0 Å². The molecule has 7 heteroatoms. The number of benzene rings is 1. The fraction of sp³-hybridized carbons (Fsp3) is 0.333. The maximum absolute atomic E-state index is 11.7. The molecule has 1 heterocycles. The first-order valence-corrected chi connectivity index (χ1v) is 5.78. The summed E-state index contributed by atoms with van der Waals surface area (Å²) >= 11 is 0. The third-order valence-electron chi connectivity index (χ3n) is 2.45. The number of imidazole rings is 1. The molecule has 0 aliphatic carbocycles. The number of fused-ring (bicyclic) bond motifs is 1. The van der Waals surface area contributed by atoms with Gasteiger partial charge in [0.05, 0.1) is 36.4 Å². The third kappa shape index (κ3) is 3.43. The van der Waals surface area contributed by atoms with Crippen LogP contribution in [0.1, 0.15) is 10.4 Å². The van der Waals surface area contributed by atoms with Crippen molar-refractivity contribution in [2.24, 2.45) is 0 Å². The lowest BCUT2D eigenvalue weighted by atomic mass is 10.2. The zero-order valence-corrected chi connectivity index (χ0v) is 10.1. The molecule has 0 unspecified atom stereocenters. The summed E-state index contributed by atoms with van der Waals surface area (Å²) in [5, 5.41) is 8.49. The van der Waals surface area contributed by atoms with Gasteiger partial charge in [-0.15, -0.1) is 0 Å². The summed E-state index contributed by atoms with van der Waals surface area (Å²) in [6, 6.07) is 4.75. The van der Waals surface area contributed by atoms with Crippen LogP contribution in [-0.4, -0.2) is 47.5 Å². The number of nitrogens with one attached hydrogen (secondary N) is 2. The molecule has 0 saturated carbocycles. The maximum atomic E-state index is 11.7. The monoisotopic (exact) mass is 266 g/mol. The molecule has 0 saturated heterocycles. The first-order valence-electron chi connectivity index (χ1n) is 5.78. The van der Waals surface area contributed by atoms with Crippen LogP contribution < -0.4 is 5.69 Å². The van der Waals surface area contributed by atoms with Crippen molar-refractivity contribution in [1.29, 1.82) is 0 Å². The molecule has 0 bridgehead atoms. The van der Waals surface area contributed by atoms with Crippen LogP contribution in [0.2, 0.25) is 0 Å². The number of hydrogen-bond acceptors (Lipinski definition) is 5. The van der Waals surface area contributed by atoms with Crippen molar-refractivity contribution in [2.45, 2.75) is 0 Å². The van der Waals surface area contributed by atoms with Crippen LogP contribution in [-0.2, 0) is 9.47 Å². The first kappa shape index (κ1) is 13.3. The van der Waals surface area contributed by atoms with Crippen molar-refractivity contribution in [1.82, 2.24) is 9.97 Å². The zero-order chi connectivity index (χ0) is 13.7. The summed E-state index contributed by atoms with van der Waals surface area (Å²) in [6.45, 7) is 0.496. The average molecular weight is 266 g/mol. The van der Waals surface area contributed by atoms with E-state index >= 15 is 0 Å². The van der Waals surface area contributed by atoms with Crippen molar-refractivity contribution in [3.05, 3.63) is 34.2 Å². The molecule has 0 atom stereocenters. The molecule has 1 aromatic heterocycles. The van der Waals surface area contributed by atoms with E-state index in [1.165, 1.54) is 0 Å². The van der Waals surface area contributed by atoms with Gasteiger partial charge in [-0.1, -0.05) is 0 Å². The van der Waals surface area contributed by atoms with E-state index in [2.05, 4.69) is 9.97 Å². The van der Waals surface area contributed by atoms with Crippen LogP contribution in [0.15, 0.2) is 23.0 Å². The Bertz CT molecular complexity index is 616. The van der Waals surface area contributed by atoms with Gasteiger partial charge in [-0.2, -0.15) is 0 Å². The minimum atomic E-state index is -0.489. The molecule has 7 nitrogen and oxygen atoms in total. The third-order valence-corrected chi connectivity index (χ3v) is 2.45. The highest BCUT2D eigenvalue weighted by molar-refractivity contribution is 5.93. The predicted octanol–water partition coefficient (Wildman–Crippen LogP) is 0.0219. The van der Waals surface area contributed by atoms with E-state index in [1.54, 1.807) is 18.2 Å². The molecule has 1 aromatic carbocycles. The number of esters is 1. The Morgan fingerprint density at radius 2 is 1.95 bits per heavy atom. The Hall–Kier alpha value is -2.12. The number of H-pyrrole nitrogens is 2. The Morgan fingerprint density at radius 3 is 2.74 bits per heavy atom. The highest BCUT2D eigenvalue weighted by atomic mass is 16.6. The molecule has 0 fully saturated rings. The number of aromatic amines is 2. The summed E-state index contributed by atoms with van der Waals surface area (Å²) in [5.74, 6) is -0.489. The molecular weight excluding hydrogens is 252 g/mol. The number of hydrogen-bond donors (Lipinski definition) is 3. The van der Waals surface area contributed by atoms with Crippen LogP contribution in [0, 0.1) is 0 Å². The molecule has 0 radical (unpaired) electrons. The van der Waals surface area contributed by atoms with Gasteiger partial charge in [-0.3, -0.25) is 0 Å². The van der Waals surface area contributed by atoms with Crippen LogP contribution in [0.25, 0.3) is 11.0 Å². The minimum Gasteiger partial charge on any atom is -0.460 e. The Labute approximate surface area is 108 Å². The second-order valence-corrected chi connectivity index (χ2v) is 3.81. The summed E-state index contributed by atoms with van der Waals surface area (Å²) in [4.78, 5) is 27.9. The molecular formula is C12H14N2O5. The van der Waals surface area contributed by atoms with Gasteiger partial charge >= 0.3 is 11.7 Å². The lowest BCUT2D eigenvalue weighted by Crippen LogP contribution is -2.12. The van der Waals surface area contributed by atoms with Crippen molar-refractivity contribution < 1.29 is 19.4 Å². The topological polar surface area (TPSA) is 104 Å². The summed E-state index contributed by atoms with van der Waals surface area (Å²) in [5.41, 5.74) is 1.21. The Morgan fingerprint density at radius 1 is 1.16 bits per heavy atom. The van der Waals surface area contributed by atoms with E-state index in [1.807, 2.05) is 0 Å². The largest absolute Gasteiger partial charge is 0.460 e. The normalized spacial score (nSPS) is 10.8. The van der Waals surface area contributed by atoms with Crippen molar-refractivity contribution in [3.63, 3.8) is 0 Å². The number of aliphatic hydroxyl groups is 1. The van der Waals surface area contributed by atoms with E-state index < -0.39 is 5.97 Å².